The third-order valence-corrected chi connectivity index (χ3v) is 4.75. The predicted octanol–water partition coefficient (Wildman–Crippen LogP) is 4.78. The third-order valence-electron chi connectivity index (χ3n) is 2.52. The molecular weight excluding hydrogens is 597 g/mol. The van der Waals surface area contributed by atoms with E-state index in [9.17, 15) is 4.79 Å². The summed E-state index contributed by atoms with van der Waals surface area (Å²) in [6.45, 7) is 0.355. The van der Waals surface area contributed by atoms with E-state index in [1.54, 1.807) is 18.2 Å². The first-order valence-corrected chi connectivity index (χ1v) is 8.80. The van der Waals surface area contributed by atoms with E-state index in [4.69, 9.17) is 9.84 Å². The summed E-state index contributed by atoms with van der Waals surface area (Å²) in [6, 6.07) is 10.9. The monoisotopic (exact) mass is 606 g/mol. The van der Waals surface area contributed by atoms with E-state index in [-0.39, 0.29) is 5.56 Å². The fourth-order valence-corrected chi connectivity index (χ4v) is 5.51. The maximum Gasteiger partial charge on any atom is 0.335 e. The minimum absolute atomic E-state index is 0.276. The quantitative estimate of drug-likeness (QED) is 0.511. The molecule has 1 N–H and O–H groups in total. The topological polar surface area (TPSA) is 46.5 Å². The van der Waals surface area contributed by atoms with Crippen LogP contribution < -0.4 is 4.74 Å². The molecule has 0 radical (unpaired) electrons. The van der Waals surface area contributed by atoms with Crippen LogP contribution >= 0.6 is 67.8 Å². The van der Waals surface area contributed by atoms with Crippen LogP contribution in [0.15, 0.2) is 36.4 Å². The fourth-order valence-electron chi connectivity index (χ4n) is 1.62. The molecule has 0 heterocycles. The number of ether oxygens (including phenoxy) is 1. The standard InChI is InChI=1S/C14H9I3O3/c15-10-5-11(16)13(12(17)6-10)20-7-8-2-1-3-9(4-8)14(18)19/h1-6H,7H2,(H,18,19). The molecule has 3 nitrogen and oxygen atoms in total. The number of benzene rings is 2. The molecule has 0 spiro atoms. The first-order valence-electron chi connectivity index (χ1n) is 5.57. The Kier molecular flexibility index (Phi) is 5.90. The molecule has 6 heteroatoms. The van der Waals surface area contributed by atoms with Crippen molar-refractivity contribution in [1.29, 1.82) is 0 Å². The highest BCUT2D eigenvalue weighted by atomic mass is 127. The Balaban J connectivity index is 2.17. The lowest BCUT2D eigenvalue weighted by Crippen LogP contribution is -2.02. The molecule has 2 aromatic rings. The molecular formula is C14H9I3O3. The van der Waals surface area contributed by atoms with E-state index in [2.05, 4.69) is 67.8 Å². The number of carbonyl (C=O) groups is 1. The Labute approximate surface area is 157 Å². The molecule has 104 valence electrons. The Morgan fingerprint density at radius 3 is 2.35 bits per heavy atom. The number of carboxylic acid groups (broad SMARTS) is 1. The molecule has 0 aliphatic heterocycles. The predicted molar refractivity (Wildman–Crippen MR) is 102 cm³/mol. The van der Waals surface area contributed by atoms with Gasteiger partial charge in [-0.3, -0.25) is 0 Å². The Morgan fingerprint density at radius 2 is 1.75 bits per heavy atom. The van der Waals surface area contributed by atoms with Crippen molar-refractivity contribution in [2.45, 2.75) is 6.61 Å². The van der Waals surface area contributed by atoms with Crippen LogP contribution in [0.2, 0.25) is 0 Å². The maximum atomic E-state index is 10.9. The van der Waals surface area contributed by atoms with Crippen molar-refractivity contribution >= 4 is 73.7 Å². The van der Waals surface area contributed by atoms with Gasteiger partial charge in [0.15, 0.2) is 0 Å². The summed E-state index contributed by atoms with van der Waals surface area (Å²) >= 11 is 6.75. The molecule has 20 heavy (non-hydrogen) atoms. The summed E-state index contributed by atoms with van der Waals surface area (Å²) in [5, 5.41) is 8.97. The van der Waals surface area contributed by atoms with Crippen LogP contribution in [0.5, 0.6) is 5.75 Å². The van der Waals surface area contributed by atoms with Gasteiger partial charge in [0.05, 0.1) is 12.7 Å². The van der Waals surface area contributed by atoms with Gasteiger partial charge in [-0.1, -0.05) is 12.1 Å². The number of carboxylic acids is 1. The van der Waals surface area contributed by atoms with Crippen LogP contribution in [-0.4, -0.2) is 11.1 Å². The molecule has 0 unspecified atom stereocenters. The normalized spacial score (nSPS) is 10.3. The first kappa shape index (κ1) is 16.3. The van der Waals surface area contributed by atoms with Crippen molar-refractivity contribution in [3.8, 4) is 5.75 Å². The van der Waals surface area contributed by atoms with Gasteiger partial charge in [-0.2, -0.15) is 0 Å². The van der Waals surface area contributed by atoms with E-state index in [1.165, 1.54) is 0 Å². The van der Waals surface area contributed by atoms with E-state index in [0.29, 0.717) is 6.61 Å². The highest BCUT2D eigenvalue weighted by Gasteiger charge is 2.09. The molecule has 0 atom stereocenters. The molecule has 0 aliphatic carbocycles. The lowest BCUT2D eigenvalue weighted by atomic mass is 10.1. The summed E-state index contributed by atoms with van der Waals surface area (Å²) in [6.07, 6.45) is 0. The van der Waals surface area contributed by atoms with Gasteiger partial charge in [0.25, 0.3) is 0 Å². The zero-order valence-electron chi connectivity index (χ0n) is 10.1. The molecule has 0 aromatic heterocycles. The van der Waals surface area contributed by atoms with Crippen molar-refractivity contribution < 1.29 is 14.6 Å². The van der Waals surface area contributed by atoms with Crippen LogP contribution in [0, 0.1) is 10.7 Å². The number of hydrogen-bond donors (Lipinski definition) is 1. The lowest BCUT2D eigenvalue weighted by Gasteiger charge is -2.11. The van der Waals surface area contributed by atoms with Crippen LogP contribution in [0.4, 0.5) is 0 Å². The molecule has 2 aromatic carbocycles. The van der Waals surface area contributed by atoms with Crippen LogP contribution in [0.1, 0.15) is 15.9 Å². The van der Waals surface area contributed by atoms with E-state index < -0.39 is 5.97 Å². The Bertz CT molecular complexity index is 633. The van der Waals surface area contributed by atoms with Crippen molar-refractivity contribution in [2.75, 3.05) is 0 Å². The smallest absolute Gasteiger partial charge is 0.335 e. The average Bonchev–Trinajstić information content (AvgIpc) is 2.37. The summed E-state index contributed by atoms with van der Waals surface area (Å²) in [5.41, 5.74) is 1.12. The highest BCUT2D eigenvalue weighted by Crippen LogP contribution is 2.30. The SMILES string of the molecule is O=C(O)c1cccc(COc2c(I)cc(I)cc2I)c1. The molecule has 0 aliphatic rings. The molecule has 0 fully saturated rings. The van der Waals surface area contributed by atoms with Gasteiger partial charge >= 0.3 is 5.97 Å². The molecule has 0 amide bonds. The second-order valence-electron chi connectivity index (χ2n) is 3.99. The number of halogens is 3. The fraction of sp³-hybridized carbons (Fsp3) is 0.0714. The minimum atomic E-state index is -0.926. The van der Waals surface area contributed by atoms with Crippen molar-refractivity contribution in [3.63, 3.8) is 0 Å². The van der Waals surface area contributed by atoms with Gasteiger partial charge in [0.1, 0.15) is 12.4 Å². The summed E-state index contributed by atoms with van der Waals surface area (Å²) < 4.78 is 9.09. The van der Waals surface area contributed by atoms with Crippen LogP contribution in [0.25, 0.3) is 0 Å². The summed E-state index contributed by atoms with van der Waals surface area (Å²) in [5.74, 6) is -0.0855. The van der Waals surface area contributed by atoms with Gasteiger partial charge in [-0.25, -0.2) is 4.79 Å². The van der Waals surface area contributed by atoms with Crippen LogP contribution in [-0.2, 0) is 6.61 Å². The van der Waals surface area contributed by atoms with Gasteiger partial charge in [0.2, 0.25) is 0 Å². The second kappa shape index (κ2) is 7.25. The molecule has 2 rings (SSSR count). The minimum Gasteiger partial charge on any atom is -0.487 e. The van der Waals surface area contributed by atoms with E-state index in [1.807, 2.05) is 18.2 Å². The third kappa shape index (κ3) is 4.20. The van der Waals surface area contributed by atoms with Gasteiger partial charge in [0, 0.05) is 3.57 Å². The van der Waals surface area contributed by atoms with Gasteiger partial charge < -0.3 is 9.84 Å². The number of hydrogen-bond acceptors (Lipinski definition) is 2. The molecule has 0 bridgehead atoms. The van der Waals surface area contributed by atoms with E-state index in [0.717, 1.165) is 22.0 Å². The zero-order valence-corrected chi connectivity index (χ0v) is 16.5. The van der Waals surface area contributed by atoms with Gasteiger partial charge in [-0.15, -0.1) is 0 Å². The second-order valence-corrected chi connectivity index (χ2v) is 7.56. The zero-order chi connectivity index (χ0) is 14.7. The lowest BCUT2D eigenvalue weighted by molar-refractivity contribution is 0.0696. The van der Waals surface area contributed by atoms with Crippen molar-refractivity contribution in [3.05, 3.63) is 58.2 Å². The van der Waals surface area contributed by atoms with Gasteiger partial charge in [-0.05, 0) is 97.6 Å². The number of rotatable bonds is 4. The number of aromatic carboxylic acids is 1. The summed E-state index contributed by atoms with van der Waals surface area (Å²) in [7, 11) is 0. The molecule has 0 saturated heterocycles. The maximum absolute atomic E-state index is 10.9. The largest absolute Gasteiger partial charge is 0.487 e. The molecule has 0 saturated carbocycles. The highest BCUT2D eigenvalue weighted by molar-refractivity contribution is 14.1. The summed E-state index contributed by atoms with van der Waals surface area (Å²) in [4.78, 5) is 10.9. The average molecular weight is 606 g/mol. The Hall–Kier alpha value is -0.100. The van der Waals surface area contributed by atoms with Crippen LogP contribution in [0.3, 0.4) is 0 Å². The van der Waals surface area contributed by atoms with E-state index >= 15 is 0 Å². The van der Waals surface area contributed by atoms with Crippen molar-refractivity contribution in [2.24, 2.45) is 0 Å². The van der Waals surface area contributed by atoms with Crippen molar-refractivity contribution in [1.82, 2.24) is 0 Å². The Morgan fingerprint density at radius 1 is 1.10 bits per heavy atom. The first-order chi connectivity index (χ1) is 9.47.